The highest BCUT2D eigenvalue weighted by atomic mass is 32.1. The fraction of sp³-hybridized carbons (Fsp3) is 0.583. The largest absolute Gasteiger partial charge is 0.330 e. The molecular formula is C12H17N5OS. The van der Waals surface area contributed by atoms with Crippen LogP contribution in [-0.2, 0) is 6.54 Å². The lowest BCUT2D eigenvalue weighted by atomic mass is 9.97. The van der Waals surface area contributed by atoms with Crippen molar-refractivity contribution in [1.82, 2.24) is 19.5 Å². The molecule has 1 aliphatic rings. The van der Waals surface area contributed by atoms with Gasteiger partial charge in [-0.15, -0.1) is 0 Å². The Labute approximate surface area is 114 Å². The fourth-order valence-electron chi connectivity index (χ4n) is 2.49. The molecular weight excluding hydrogens is 262 g/mol. The van der Waals surface area contributed by atoms with Gasteiger partial charge in [0.2, 0.25) is 4.96 Å². The number of fused-ring (bicyclic) bond motifs is 1. The maximum absolute atomic E-state index is 11.8. The van der Waals surface area contributed by atoms with E-state index in [0.29, 0.717) is 10.9 Å². The number of hydrogen-bond donors (Lipinski definition) is 1. The number of nitrogens with zero attached hydrogens (tertiary/aromatic N) is 4. The number of rotatable bonds is 3. The maximum atomic E-state index is 11.8. The van der Waals surface area contributed by atoms with Crippen molar-refractivity contribution in [2.75, 3.05) is 19.6 Å². The normalized spacial score (nSPS) is 18.2. The van der Waals surface area contributed by atoms with E-state index < -0.39 is 0 Å². The van der Waals surface area contributed by atoms with Gasteiger partial charge in [0, 0.05) is 12.6 Å². The second-order valence-electron chi connectivity index (χ2n) is 4.97. The topological polar surface area (TPSA) is 76.5 Å². The summed E-state index contributed by atoms with van der Waals surface area (Å²) in [4.78, 5) is 19.3. The maximum Gasteiger partial charge on any atom is 0.275 e. The van der Waals surface area contributed by atoms with Crippen molar-refractivity contribution in [3.63, 3.8) is 0 Å². The molecule has 7 heteroatoms. The first-order chi connectivity index (χ1) is 9.26. The zero-order chi connectivity index (χ0) is 13.2. The molecule has 0 bridgehead atoms. The summed E-state index contributed by atoms with van der Waals surface area (Å²) in [5, 5.41) is 3.96. The van der Waals surface area contributed by atoms with Crippen LogP contribution in [0.5, 0.6) is 0 Å². The average molecular weight is 279 g/mol. The van der Waals surface area contributed by atoms with Gasteiger partial charge in [0.05, 0.1) is 5.69 Å². The molecule has 1 saturated heterocycles. The Balaban J connectivity index is 1.73. The van der Waals surface area contributed by atoms with E-state index in [1.165, 1.54) is 15.9 Å². The van der Waals surface area contributed by atoms with Gasteiger partial charge in [-0.3, -0.25) is 9.69 Å². The molecule has 1 aliphatic heterocycles. The number of piperidine rings is 1. The summed E-state index contributed by atoms with van der Waals surface area (Å²) < 4.78 is 1.34. The monoisotopic (exact) mass is 279 g/mol. The number of likely N-dealkylation sites (tertiary alicyclic amines) is 1. The van der Waals surface area contributed by atoms with E-state index in [0.717, 1.165) is 44.7 Å². The van der Waals surface area contributed by atoms with Crippen molar-refractivity contribution in [3.05, 3.63) is 27.6 Å². The SMILES string of the molecule is NCC1CCN(Cc2cc(=O)n3ncsc3n2)CC1. The summed E-state index contributed by atoms with van der Waals surface area (Å²) in [6.45, 7) is 3.58. The molecule has 3 heterocycles. The number of hydrogen-bond acceptors (Lipinski definition) is 6. The zero-order valence-corrected chi connectivity index (χ0v) is 11.5. The van der Waals surface area contributed by atoms with Gasteiger partial charge < -0.3 is 5.73 Å². The van der Waals surface area contributed by atoms with Crippen LogP contribution in [0.3, 0.4) is 0 Å². The van der Waals surface area contributed by atoms with Crippen molar-refractivity contribution in [2.24, 2.45) is 11.7 Å². The molecule has 0 aromatic carbocycles. The molecule has 0 saturated carbocycles. The van der Waals surface area contributed by atoms with Crippen molar-refractivity contribution >= 4 is 16.3 Å². The van der Waals surface area contributed by atoms with Crippen LogP contribution in [0, 0.1) is 5.92 Å². The van der Waals surface area contributed by atoms with E-state index in [1.54, 1.807) is 11.6 Å². The lowest BCUT2D eigenvalue weighted by Gasteiger charge is -2.30. The second-order valence-corrected chi connectivity index (χ2v) is 5.79. The third-order valence-electron chi connectivity index (χ3n) is 3.67. The first-order valence-corrected chi connectivity index (χ1v) is 7.39. The molecule has 19 heavy (non-hydrogen) atoms. The van der Waals surface area contributed by atoms with Gasteiger partial charge in [0.25, 0.3) is 5.56 Å². The number of nitrogens with two attached hydrogens (primary N) is 1. The van der Waals surface area contributed by atoms with E-state index in [-0.39, 0.29) is 5.56 Å². The molecule has 2 aromatic heterocycles. The van der Waals surface area contributed by atoms with Gasteiger partial charge in [0.15, 0.2) is 0 Å². The molecule has 0 radical (unpaired) electrons. The molecule has 102 valence electrons. The van der Waals surface area contributed by atoms with Crippen LogP contribution >= 0.6 is 11.3 Å². The summed E-state index contributed by atoms with van der Waals surface area (Å²) in [5.41, 5.74) is 8.06. The van der Waals surface area contributed by atoms with Crippen LogP contribution in [-0.4, -0.2) is 39.1 Å². The highest BCUT2D eigenvalue weighted by Crippen LogP contribution is 2.17. The van der Waals surface area contributed by atoms with Gasteiger partial charge in [-0.2, -0.15) is 9.61 Å². The highest BCUT2D eigenvalue weighted by molar-refractivity contribution is 7.14. The number of aromatic nitrogens is 3. The van der Waals surface area contributed by atoms with Gasteiger partial charge in [-0.05, 0) is 38.4 Å². The third-order valence-corrected chi connectivity index (χ3v) is 4.34. The van der Waals surface area contributed by atoms with Crippen LogP contribution in [0.15, 0.2) is 16.4 Å². The van der Waals surface area contributed by atoms with E-state index >= 15 is 0 Å². The Morgan fingerprint density at radius 2 is 2.21 bits per heavy atom. The molecule has 1 fully saturated rings. The Morgan fingerprint density at radius 3 is 2.95 bits per heavy atom. The second kappa shape index (κ2) is 5.36. The Bertz CT molecular complexity index is 614. The molecule has 6 nitrogen and oxygen atoms in total. The van der Waals surface area contributed by atoms with Crippen LogP contribution < -0.4 is 11.3 Å². The van der Waals surface area contributed by atoms with E-state index in [1.807, 2.05) is 0 Å². The third kappa shape index (κ3) is 2.68. The lowest BCUT2D eigenvalue weighted by molar-refractivity contribution is 0.179. The predicted molar refractivity (Wildman–Crippen MR) is 74.2 cm³/mol. The minimum Gasteiger partial charge on any atom is -0.330 e. The van der Waals surface area contributed by atoms with Gasteiger partial charge in [-0.1, -0.05) is 11.3 Å². The smallest absolute Gasteiger partial charge is 0.275 e. The molecule has 2 N–H and O–H groups in total. The summed E-state index contributed by atoms with van der Waals surface area (Å²) >= 11 is 1.39. The van der Waals surface area contributed by atoms with Crippen LogP contribution in [0.2, 0.25) is 0 Å². The average Bonchev–Trinajstić information content (AvgIpc) is 2.88. The molecule has 2 aromatic rings. The zero-order valence-electron chi connectivity index (χ0n) is 10.7. The Hall–Kier alpha value is -1.31. The minimum atomic E-state index is -0.0990. The standard InChI is InChI=1S/C12H17N5OS/c13-6-9-1-3-16(4-2-9)7-10-5-11(18)17-12(15-10)19-8-14-17/h5,8-9H,1-4,6-7,13H2. The molecule has 0 atom stereocenters. The van der Waals surface area contributed by atoms with E-state index in [2.05, 4.69) is 15.0 Å². The van der Waals surface area contributed by atoms with Crippen molar-refractivity contribution in [1.29, 1.82) is 0 Å². The first kappa shape index (κ1) is 12.7. The van der Waals surface area contributed by atoms with Gasteiger partial charge in [0.1, 0.15) is 5.51 Å². The quantitative estimate of drug-likeness (QED) is 0.875. The molecule has 0 amide bonds. The lowest BCUT2D eigenvalue weighted by Crippen LogP contribution is -2.36. The molecule has 3 rings (SSSR count). The van der Waals surface area contributed by atoms with Gasteiger partial charge >= 0.3 is 0 Å². The van der Waals surface area contributed by atoms with E-state index in [4.69, 9.17) is 5.73 Å². The summed E-state index contributed by atoms with van der Waals surface area (Å²) in [6.07, 6.45) is 2.27. The Kier molecular flexibility index (Phi) is 3.58. The van der Waals surface area contributed by atoms with Crippen LogP contribution in [0.1, 0.15) is 18.5 Å². The molecule has 0 spiro atoms. The molecule has 0 unspecified atom stereocenters. The van der Waals surface area contributed by atoms with Crippen LogP contribution in [0.4, 0.5) is 0 Å². The van der Waals surface area contributed by atoms with Crippen molar-refractivity contribution < 1.29 is 0 Å². The fourth-order valence-corrected chi connectivity index (χ4v) is 3.13. The summed E-state index contributed by atoms with van der Waals surface area (Å²) in [5.74, 6) is 0.652. The first-order valence-electron chi connectivity index (χ1n) is 6.51. The highest BCUT2D eigenvalue weighted by Gasteiger charge is 2.18. The predicted octanol–water partition coefficient (Wildman–Crippen LogP) is 0.322. The molecule has 0 aliphatic carbocycles. The summed E-state index contributed by atoms with van der Waals surface area (Å²) in [6, 6.07) is 1.59. The van der Waals surface area contributed by atoms with Crippen molar-refractivity contribution in [2.45, 2.75) is 19.4 Å². The van der Waals surface area contributed by atoms with Crippen LogP contribution in [0.25, 0.3) is 4.96 Å². The Morgan fingerprint density at radius 1 is 1.42 bits per heavy atom. The van der Waals surface area contributed by atoms with E-state index in [9.17, 15) is 4.79 Å². The van der Waals surface area contributed by atoms with Gasteiger partial charge in [-0.25, -0.2) is 4.98 Å². The van der Waals surface area contributed by atoms with Crippen molar-refractivity contribution in [3.8, 4) is 0 Å². The summed E-state index contributed by atoms with van der Waals surface area (Å²) in [7, 11) is 0. The minimum absolute atomic E-state index is 0.0990.